The lowest BCUT2D eigenvalue weighted by Gasteiger charge is -2.42. The first-order chi connectivity index (χ1) is 8.70. The van der Waals surface area contributed by atoms with Crippen molar-refractivity contribution in [1.29, 1.82) is 0 Å². The first kappa shape index (κ1) is 11.5. The minimum Gasteiger partial charge on any atom is -0.340 e. The molecule has 1 atom stereocenters. The molecule has 1 fully saturated rings. The van der Waals surface area contributed by atoms with Crippen molar-refractivity contribution in [2.24, 2.45) is 0 Å². The van der Waals surface area contributed by atoms with E-state index in [2.05, 4.69) is 9.88 Å². The Labute approximate surface area is 108 Å². The maximum atomic E-state index is 12.3. The second-order valence-electron chi connectivity index (χ2n) is 5.26. The molecule has 3 rings (SSSR count). The van der Waals surface area contributed by atoms with Gasteiger partial charge in [0.05, 0.1) is 5.69 Å². The van der Waals surface area contributed by atoms with Crippen molar-refractivity contribution in [2.75, 3.05) is 16.8 Å². The van der Waals surface area contributed by atoms with E-state index in [1.54, 1.807) is 4.90 Å². The highest BCUT2D eigenvalue weighted by Crippen LogP contribution is 2.38. The van der Waals surface area contributed by atoms with Crippen LogP contribution in [-0.4, -0.2) is 30.0 Å². The van der Waals surface area contributed by atoms with Gasteiger partial charge < -0.3 is 9.80 Å². The van der Waals surface area contributed by atoms with Gasteiger partial charge in [0.25, 0.3) is 0 Å². The van der Waals surface area contributed by atoms with Crippen molar-refractivity contribution in [1.82, 2.24) is 4.98 Å². The van der Waals surface area contributed by atoms with E-state index in [-0.39, 0.29) is 11.9 Å². The number of likely N-dealkylation sites (N-methyl/N-ethyl adjacent to an activating group) is 1. The van der Waals surface area contributed by atoms with Crippen molar-refractivity contribution in [2.45, 2.75) is 44.7 Å². The highest BCUT2D eigenvalue weighted by atomic mass is 16.2. The highest BCUT2D eigenvalue weighted by Gasteiger charge is 2.38. The van der Waals surface area contributed by atoms with Crippen LogP contribution < -0.4 is 9.80 Å². The Hall–Kier alpha value is -1.58. The number of hydrogen-bond donors (Lipinski definition) is 0. The number of hydrogen-bond acceptors (Lipinski definition) is 3. The van der Waals surface area contributed by atoms with Crippen LogP contribution in [0.4, 0.5) is 11.5 Å². The molecule has 1 aliphatic carbocycles. The van der Waals surface area contributed by atoms with Crippen LogP contribution in [0.2, 0.25) is 0 Å². The Morgan fingerprint density at radius 2 is 2.06 bits per heavy atom. The molecule has 1 aromatic heterocycles. The molecule has 0 bridgehead atoms. The number of aromatic nitrogens is 1. The summed E-state index contributed by atoms with van der Waals surface area (Å²) in [4.78, 5) is 20.8. The summed E-state index contributed by atoms with van der Waals surface area (Å²) in [7, 11) is 1.84. The molecule has 4 heteroatoms. The maximum Gasteiger partial charge on any atom is 0.249 e. The molecule has 0 saturated heterocycles. The van der Waals surface area contributed by atoms with Crippen LogP contribution in [-0.2, 0) is 4.79 Å². The van der Waals surface area contributed by atoms with Gasteiger partial charge >= 0.3 is 0 Å². The number of rotatable bonds is 1. The highest BCUT2D eigenvalue weighted by molar-refractivity contribution is 6.04. The molecule has 1 aromatic rings. The van der Waals surface area contributed by atoms with Gasteiger partial charge in [-0.2, -0.15) is 0 Å². The molecule has 0 aromatic carbocycles. The van der Waals surface area contributed by atoms with Gasteiger partial charge in [0.2, 0.25) is 5.91 Å². The first-order valence-corrected chi connectivity index (χ1v) is 6.71. The number of carbonyl (C=O) groups excluding carboxylic acids is 1. The molecule has 1 saturated carbocycles. The topological polar surface area (TPSA) is 36.4 Å². The molecule has 0 radical (unpaired) electrons. The van der Waals surface area contributed by atoms with Crippen LogP contribution in [0.25, 0.3) is 0 Å². The predicted molar refractivity (Wildman–Crippen MR) is 71.8 cm³/mol. The summed E-state index contributed by atoms with van der Waals surface area (Å²) in [6.07, 6.45) is 6.70. The lowest BCUT2D eigenvalue weighted by molar-refractivity contribution is -0.119. The second kappa shape index (κ2) is 4.26. The zero-order valence-electron chi connectivity index (χ0n) is 11.0. The monoisotopic (exact) mass is 245 g/mol. The van der Waals surface area contributed by atoms with Crippen LogP contribution in [0.15, 0.2) is 18.3 Å². The van der Waals surface area contributed by atoms with Crippen LogP contribution in [0.5, 0.6) is 0 Å². The van der Waals surface area contributed by atoms with E-state index in [9.17, 15) is 4.79 Å². The molecular formula is C14H19N3O. The summed E-state index contributed by atoms with van der Waals surface area (Å²) >= 11 is 0. The summed E-state index contributed by atoms with van der Waals surface area (Å²) in [6.45, 7) is 1.99. The van der Waals surface area contributed by atoms with Crippen LogP contribution in [0, 0.1) is 0 Å². The number of pyridine rings is 1. The average Bonchev–Trinajstić information content (AvgIpc) is 2.90. The minimum atomic E-state index is -0.0968. The molecule has 0 spiro atoms. The zero-order valence-corrected chi connectivity index (χ0v) is 11.0. The molecule has 96 valence electrons. The fraction of sp³-hybridized carbons (Fsp3) is 0.571. The molecular weight excluding hydrogens is 226 g/mol. The third-order valence-electron chi connectivity index (χ3n) is 4.20. The number of nitrogens with zero attached hydrogens (tertiary/aromatic N) is 3. The van der Waals surface area contributed by atoms with Gasteiger partial charge in [-0.1, -0.05) is 12.8 Å². The Bertz CT molecular complexity index is 468. The normalized spacial score (nSPS) is 24.6. The predicted octanol–water partition coefficient (Wildman–Crippen LogP) is 2.20. The lowest BCUT2D eigenvalue weighted by atomic mass is 10.1. The number of amides is 1. The van der Waals surface area contributed by atoms with Gasteiger partial charge in [0.1, 0.15) is 6.04 Å². The lowest BCUT2D eigenvalue weighted by Crippen LogP contribution is -2.54. The molecule has 1 amide bonds. The Morgan fingerprint density at radius 1 is 1.33 bits per heavy atom. The standard InChI is InChI=1S/C14H19N3O/c1-10-14(18)16(2)12-8-5-9-15-13(12)17(10)11-6-3-4-7-11/h5,8-11H,3-4,6-7H2,1-2H3/t10-/m1/s1. The van der Waals surface area contributed by atoms with E-state index >= 15 is 0 Å². The Kier molecular flexibility index (Phi) is 2.73. The van der Waals surface area contributed by atoms with Crippen LogP contribution >= 0.6 is 0 Å². The second-order valence-corrected chi connectivity index (χ2v) is 5.26. The fourth-order valence-electron chi connectivity index (χ4n) is 3.22. The molecule has 2 aliphatic rings. The van der Waals surface area contributed by atoms with Crippen molar-refractivity contribution in [3.63, 3.8) is 0 Å². The van der Waals surface area contributed by atoms with Crippen LogP contribution in [0.1, 0.15) is 32.6 Å². The van der Waals surface area contributed by atoms with E-state index in [0.29, 0.717) is 6.04 Å². The van der Waals surface area contributed by atoms with Crippen LogP contribution in [0.3, 0.4) is 0 Å². The van der Waals surface area contributed by atoms with Gasteiger partial charge in [0, 0.05) is 19.3 Å². The first-order valence-electron chi connectivity index (χ1n) is 6.71. The van der Waals surface area contributed by atoms with E-state index < -0.39 is 0 Å². The van der Waals surface area contributed by atoms with Crippen molar-refractivity contribution < 1.29 is 4.79 Å². The van der Waals surface area contributed by atoms with Crippen molar-refractivity contribution in [3.05, 3.63) is 18.3 Å². The smallest absolute Gasteiger partial charge is 0.249 e. The van der Waals surface area contributed by atoms with Gasteiger partial charge in [-0.15, -0.1) is 0 Å². The van der Waals surface area contributed by atoms with Crippen molar-refractivity contribution in [3.8, 4) is 0 Å². The summed E-state index contributed by atoms with van der Waals surface area (Å²) < 4.78 is 0. The van der Waals surface area contributed by atoms with Gasteiger partial charge in [0.15, 0.2) is 5.82 Å². The maximum absolute atomic E-state index is 12.3. The summed E-state index contributed by atoms with van der Waals surface area (Å²) in [5.41, 5.74) is 0.938. The number of anilines is 2. The summed E-state index contributed by atoms with van der Waals surface area (Å²) in [6, 6.07) is 4.26. The molecule has 4 nitrogen and oxygen atoms in total. The van der Waals surface area contributed by atoms with E-state index in [4.69, 9.17) is 0 Å². The zero-order chi connectivity index (χ0) is 12.7. The largest absolute Gasteiger partial charge is 0.340 e. The molecule has 1 aliphatic heterocycles. The van der Waals surface area contributed by atoms with E-state index in [1.165, 1.54) is 25.7 Å². The average molecular weight is 245 g/mol. The Morgan fingerprint density at radius 3 is 2.78 bits per heavy atom. The quantitative estimate of drug-likeness (QED) is 0.761. The molecule has 2 heterocycles. The van der Waals surface area contributed by atoms with Gasteiger partial charge in [-0.05, 0) is 31.9 Å². The summed E-state index contributed by atoms with van der Waals surface area (Å²) in [5.74, 6) is 1.14. The molecule has 0 N–H and O–H groups in total. The molecule has 18 heavy (non-hydrogen) atoms. The van der Waals surface area contributed by atoms with E-state index in [1.807, 2.05) is 32.3 Å². The number of fused-ring (bicyclic) bond motifs is 1. The minimum absolute atomic E-state index is 0.0968. The number of carbonyl (C=O) groups is 1. The third kappa shape index (κ3) is 1.59. The third-order valence-corrected chi connectivity index (χ3v) is 4.20. The van der Waals surface area contributed by atoms with Gasteiger partial charge in [-0.25, -0.2) is 4.98 Å². The summed E-state index contributed by atoms with van der Waals surface area (Å²) in [5, 5.41) is 0. The molecule has 0 unspecified atom stereocenters. The SMILES string of the molecule is C[C@@H]1C(=O)N(C)c2cccnc2N1C1CCCC1. The Balaban J connectivity index is 2.06. The fourth-order valence-corrected chi connectivity index (χ4v) is 3.22. The van der Waals surface area contributed by atoms with Crippen molar-refractivity contribution >= 4 is 17.4 Å². The van der Waals surface area contributed by atoms with Gasteiger partial charge in [-0.3, -0.25) is 4.79 Å². The van der Waals surface area contributed by atoms with E-state index in [0.717, 1.165) is 11.5 Å².